The van der Waals surface area contributed by atoms with Crippen molar-refractivity contribution in [2.24, 2.45) is 10.2 Å². The maximum absolute atomic E-state index is 12.7. The number of rotatable bonds is 7. The number of β-amino-alcohol motifs (C(OH)–C–C–N with tert-alkyl or cyclic N) is 2. The number of carbonyl (C=O) groups excluding carboxylic acids is 2. The molecule has 2 aliphatic heterocycles. The number of nitriles is 1. The second kappa shape index (κ2) is 11.2. The number of aliphatic hydroxyl groups is 2. The molecule has 12 heteroatoms. The van der Waals surface area contributed by atoms with Gasteiger partial charge in [0.25, 0.3) is 11.8 Å². The molecule has 2 atom stereocenters. The Morgan fingerprint density at radius 3 is 2.68 bits per heavy atom. The number of carbonyl (C=O) groups is 2. The van der Waals surface area contributed by atoms with Crippen molar-refractivity contribution in [3.63, 3.8) is 0 Å². The lowest BCUT2D eigenvalue weighted by Gasteiger charge is -2.36. The molecule has 0 spiro atoms. The van der Waals surface area contributed by atoms with Crippen molar-refractivity contribution in [2.75, 3.05) is 31.6 Å². The van der Waals surface area contributed by atoms with Crippen LogP contribution in [0.15, 0.2) is 45.0 Å². The zero-order chi connectivity index (χ0) is 29.6. The van der Waals surface area contributed by atoms with Gasteiger partial charge in [-0.3, -0.25) is 14.5 Å². The van der Waals surface area contributed by atoms with Crippen LogP contribution < -0.4 is 4.90 Å². The number of imide groups is 1. The van der Waals surface area contributed by atoms with Gasteiger partial charge in [-0.15, -0.1) is 10.2 Å². The summed E-state index contributed by atoms with van der Waals surface area (Å²) >= 11 is 3.35. The first-order valence-corrected chi connectivity index (χ1v) is 13.8. The topological polar surface area (TPSA) is 159 Å². The van der Waals surface area contributed by atoms with Crippen LogP contribution in [0.2, 0.25) is 0 Å². The van der Waals surface area contributed by atoms with Gasteiger partial charge in [-0.2, -0.15) is 5.26 Å². The molecular weight excluding hydrogens is 594 g/mol. The number of aromatic hydroxyl groups is 1. The van der Waals surface area contributed by atoms with E-state index in [2.05, 4.69) is 26.2 Å². The summed E-state index contributed by atoms with van der Waals surface area (Å²) in [6.45, 7) is 4.39. The van der Waals surface area contributed by atoms with Crippen LogP contribution in [-0.4, -0.2) is 77.1 Å². The summed E-state index contributed by atoms with van der Waals surface area (Å²) in [4.78, 5) is 28.0. The summed E-state index contributed by atoms with van der Waals surface area (Å²) in [5.74, 6) is -1.09. The molecule has 2 unspecified atom stereocenters. The summed E-state index contributed by atoms with van der Waals surface area (Å²) in [5.41, 5.74) is 2.09. The van der Waals surface area contributed by atoms with Crippen LogP contribution >= 0.6 is 15.9 Å². The molecule has 2 amide bonds. The lowest BCUT2D eigenvalue weighted by atomic mass is 9.93. The van der Waals surface area contributed by atoms with Gasteiger partial charge in [0.15, 0.2) is 0 Å². The molecule has 2 heterocycles. The van der Waals surface area contributed by atoms with Gasteiger partial charge >= 0.3 is 0 Å². The van der Waals surface area contributed by atoms with E-state index in [9.17, 15) is 30.2 Å². The smallest absolute Gasteiger partial charge is 0.262 e. The second-order valence-corrected chi connectivity index (χ2v) is 11.2. The first-order valence-electron chi connectivity index (χ1n) is 13.0. The zero-order valence-corrected chi connectivity index (χ0v) is 24.2. The largest absolute Gasteiger partial charge is 0.507 e. The van der Waals surface area contributed by atoms with Gasteiger partial charge < -0.3 is 25.0 Å². The Morgan fingerprint density at radius 2 is 1.98 bits per heavy atom. The molecule has 5 rings (SSSR count). The molecule has 11 nitrogen and oxygen atoms in total. The number of aliphatic hydroxyl groups excluding tert-OH is 2. The van der Waals surface area contributed by atoms with E-state index in [0.29, 0.717) is 17.2 Å². The molecule has 212 valence electrons. The summed E-state index contributed by atoms with van der Waals surface area (Å²) in [7, 11) is 1.36. The number of nitrogens with zero attached hydrogens (tertiary/aromatic N) is 5. The van der Waals surface area contributed by atoms with E-state index in [0.717, 1.165) is 16.2 Å². The van der Waals surface area contributed by atoms with Gasteiger partial charge in [0.05, 0.1) is 57.2 Å². The summed E-state index contributed by atoms with van der Waals surface area (Å²) in [5, 5.41) is 51.7. The predicted octanol–water partition coefficient (Wildman–Crippen LogP) is 4.33. The third kappa shape index (κ3) is 5.17. The lowest BCUT2D eigenvalue weighted by Crippen LogP contribution is -2.44. The van der Waals surface area contributed by atoms with Gasteiger partial charge in [0.2, 0.25) is 0 Å². The minimum absolute atomic E-state index is 0.0404. The number of hydrogen-bond acceptors (Lipinski definition) is 10. The minimum Gasteiger partial charge on any atom is -0.507 e. The Labute approximate surface area is 244 Å². The number of anilines is 1. The molecule has 41 heavy (non-hydrogen) atoms. The predicted molar refractivity (Wildman–Crippen MR) is 154 cm³/mol. The maximum atomic E-state index is 12.7. The SMILES string of the molecule is CC(C)OCC(O)CN1CC(O)Cc2cc(/N=N/c3c(C#N)cc4c(c3Br)C(=O)N(C)C4=O)c3c(O)cccc3c21. The number of phenols is 1. The Bertz CT molecular complexity index is 1650. The molecule has 0 aliphatic carbocycles. The van der Waals surface area contributed by atoms with Crippen molar-refractivity contribution in [1.29, 1.82) is 5.26 Å². The second-order valence-electron chi connectivity index (χ2n) is 10.4. The summed E-state index contributed by atoms with van der Waals surface area (Å²) in [6, 6.07) is 10.1. The molecule has 0 saturated carbocycles. The van der Waals surface area contributed by atoms with Crippen LogP contribution in [0.25, 0.3) is 10.8 Å². The summed E-state index contributed by atoms with van der Waals surface area (Å²) in [6.07, 6.45) is -1.25. The molecule has 2 aliphatic rings. The van der Waals surface area contributed by atoms with Gasteiger partial charge in [-0.25, -0.2) is 0 Å². The Balaban J connectivity index is 1.61. The van der Waals surface area contributed by atoms with Crippen molar-refractivity contribution in [3.8, 4) is 11.8 Å². The first-order chi connectivity index (χ1) is 19.5. The quantitative estimate of drug-likeness (QED) is 0.260. The number of fused-ring (bicyclic) bond motifs is 4. The molecular formula is C29H28BrN5O6. The summed E-state index contributed by atoms with van der Waals surface area (Å²) < 4.78 is 5.73. The van der Waals surface area contributed by atoms with E-state index in [-0.39, 0.29) is 64.1 Å². The lowest BCUT2D eigenvalue weighted by molar-refractivity contribution is 0.00804. The van der Waals surface area contributed by atoms with Gasteiger partial charge in [0.1, 0.15) is 17.5 Å². The Kier molecular flexibility index (Phi) is 7.80. The molecule has 3 aromatic carbocycles. The Morgan fingerprint density at radius 1 is 1.22 bits per heavy atom. The van der Waals surface area contributed by atoms with E-state index < -0.39 is 24.0 Å². The van der Waals surface area contributed by atoms with Crippen molar-refractivity contribution in [3.05, 3.63) is 57.1 Å². The molecule has 0 saturated heterocycles. The molecule has 3 aromatic rings. The fourth-order valence-electron chi connectivity index (χ4n) is 5.28. The highest BCUT2D eigenvalue weighted by Crippen LogP contribution is 2.45. The highest BCUT2D eigenvalue weighted by atomic mass is 79.9. The molecule has 0 fully saturated rings. The number of benzene rings is 3. The average molecular weight is 622 g/mol. The van der Waals surface area contributed by atoms with Crippen LogP contribution in [0.4, 0.5) is 17.1 Å². The van der Waals surface area contributed by atoms with E-state index >= 15 is 0 Å². The van der Waals surface area contributed by atoms with E-state index in [4.69, 9.17) is 4.74 Å². The number of hydrogen-bond donors (Lipinski definition) is 3. The number of halogens is 1. The molecule has 0 radical (unpaired) electrons. The maximum Gasteiger partial charge on any atom is 0.262 e. The number of azo groups is 1. The zero-order valence-electron chi connectivity index (χ0n) is 22.6. The third-order valence-electron chi connectivity index (χ3n) is 7.10. The van der Waals surface area contributed by atoms with Gasteiger partial charge in [-0.1, -0.05) is 12.1 Å². The highest BCUT2D eigenvalue weighted by molar-refractivity contribution is 9.10. The van der Waals surface area contributed by atoms with E-state index in [1.807, 2.05) is 30.9 Å². The van der Waals surface area contributed by atoms with Crippen molar-refractivity contribution < 1.29 is 29.6 Å². The fraction of sp³-hybridized carbons (Fsp3) is 0.345. The average Bonchev–Trinajstić information content (AvgIpc) is 3.14. The van der Waals surface area contributed by atoms with Gasteiger partial charge in [0, 0.05) is 37.6 Å². The number of phenolic OH excluding ortho intramolecular Hbond substituents is 1. The minimum atomic E-state index is -0.808. The third-order valence-corrected chi connectivity index (χ3v) is 7.87. The van der Waals surface area contributed by atoms with Crippen LogP contribution in [0.5, 0.6) is 5.75 Å². The highest BCUT2D eigenvalue weighted by Gasteiger charge is 2.37. The Hall–Kier alpha value is -3.89. The van der Waals surface area contributed by atoms with Crippen LogP contribution in [0.3, 0.4) is 0 Å². The van der Waals surface area contributed by atoms with Crippen molar-refractivity contribution >= 4 is 55.6 Å². The first kappa shape index (κ1) is 28.6. The molecule has 0 aromatic heterocycles. The molecule has 3 N–H and O–H groups in total. The van der Waals surface area contributed by atoms with Crippen LogP contribution in [0.1, 0.15) is 45.7 Å². The van der Waals surface area contributed by atoms with E-state index in [1.54, 1.807) is 12.1 Å². The number of ether oxygens (including phenoxy) is 1. The van der Waals surface area contributed by atoms with E-state index in [1.165, 1.54) is 19.2 Å². The van der Waals surface area contributed by atoms with Crippen LogP contribution in [0, 0.1) is 11.3 Å². The van der Waals surface area contributed by atoms with Crippen molar-refractivity contribution in [2.45, 2.75) is 38.6 Å². The van der Waals surface area contributed by atoms with Gasteiger partial charge in [-0.05, 0) is 53.5 Å². The standard InChI is InChI=1S/C29H28BrN5O6/c1-14(2)41-13-18(37)12-35-11-17(36)7-15-9-21(23-19(27(15)35)5-4-6-22(23)38)32-33-26-16(10-31)8-20-24(25(26)30)29(40)34(3)28(20)39/h4-6,8-9,14,17-18,36-38H,7,11-13H2,1-3H3/b33-32+. The normalized spacial score (nSPS) is 17.5. The fourth-order valence-corrected chi connectivity index (χ4v) is 5.95. The molecule has 0 bridgehead atoms. The van der Waals surface area contributed by atoms with Crippen LogP contribution in [-0.2, 0) is 11.2 Å². The monoisotopic (exact) mass is 621 g/mol. The van der Waals surface area contributed by atoms with Crippen molar-refractivity contribution in [1.82, 2.24) is 4.90 Å². The number of amides is 2.